The summed E-state index contributed by atoms with van der Waals surface area (Å²) in [6, 6.07) is 8.71. The number of ether oxygens (including phenoxy) is 1. The first-order chi connectivity index (χ1) is 14.1. The van der Waals surface area contributed by atoms with Gasteiger partial charge >= 0.3 is 0 Å². The number of hydrogen-bond donors (Lipinski definition) is 0. The second-order valence-electron chi connectivity index (χ2n) is 6.56. The Morgan fingerprint density at radius 1 is 1.14 bits per heavy atom. The third-order valence-corrected chi connectivity index (χ3v) is 4.81. The molecule has 0 atom stereocenters. The summed E-state index contributed by atoms with van der Waals surface area (Å²) in [5.74, 6) is 0.753. The first-order valence-electron chi connectivity index (χ1n) is 8.95. The van der Waals surface area contributed by atoms with Crippen LogP contribution in [0.3, 0.4) is 0 Å². The van der Waals surface area contributed by atoms with E-state index in [0.29, 0.717) is 23.8 Å². The van der Waals surface area contributed by atoms with E-state index < -0.39 is 5.95 Å². The van der Waals surface area contributed by atoms with Crippen LogP contribution < -0.4 is 4.74 Å². The van der Waals surface area contributed by atoms with Crippen LogP contribution in [-0.4, -0.2) is 41.2 Å². The maximum absolute atomic E-state index is 13.5. The zero-order chi connectivity index (χ0) is 20.0. The SMILES string of the molecule is COc1ncnn2ccc(-c3cnc4nc(C)n(Cc5cccc(F)n5)c4c3)c12. The summed E-state index contributed by atoms with van der Waals surface area (Å²) in [5, 5.41) is 4.23. The Hall–Kier alpha value is -3.88. The average molecular weight is 389 g/mol. The van der Waals surface area contributed by atoms with Crippen molar-refractivity contribution in [2.75, 3.05) is 7.11 Å². The second-order valence-corrected chi connectivity index (χ2v) is 6.56. The van der Waals surface area contributed by atoms with Crippen LogP contribution in [0.25, 0.3) is 27.8 Å². The Balaban J connectivity index is 1.66. The number of nitrogens with zero attached hydrogens (tertiary/aromatic N) is 7. The summed E-state index contributed by atoms with van der Waals surface area (Å²) in [4.78, 5) is 17.2. The fraction of sp³-hybridized carbons (Fsp3) is 0.150. The largest absolute Gasteiger partial charge is 0.479 e. The predicted molar refractivity (Wildman–Crippen MR) is 104 cm³/mol. The van der Waals surface area contributed by atoms with Gasteiger partial charge in [0.1, 0.15) is 17.7 Å². The van der Waals surface area contributed by atoms with Gasteiger partial charge in [-0.2, -0.15) is 14.5 Å². The van der Waals surface area contributed by atoms with Crippen molar-refractivity contribution in [3.63, 3.8) is 0 Å². The molecule has 0 spiro atoms. The van der Waals surface area contributed by atoms with E-state index in [0.717, 1.165) is 28.0 Å². The standard InChI is InChI=1S/C20H16FN7O/c1-12-25-19-16(27(12)10-14-4-3-5-17(21)26-14)8-13(9-22-19)15-6-7-28-18(15)20(29-2)23-11-24-28/h3-9,11H,10H2,1-2H3. The van der Waals surface area contributed by atoms with Crippen molar-refractivity contribution in [2.24, 2.45) is 0 Å². The number of aryl methyl sites for hydroxylation is 1. The van der Waals surface area contributed by atoms with Crippen molar-refractivity contribution in [1.29, 1.82) is 0 Å². The van der Waals surface area contributed by atoms with Gasteiger partial charge in [0, 0.05) is 23.5 Å². The van der Waals surface area contributed by atoms with Gasteiger partial charge in [-0.25, -0.2) is 19.5 Å². The summed E-state index contributed by atoms with van der Waals surface area (Å²) in [6.07, 6.45) is 5.06. The highest BCUT2D eigenvalue weighted by molar-refractivity contribution is 5.87. The Kier molecular flexibility index (Phi) is 3.94. The number of methoxy groups -OCH3 is 1. The van der Waals surface area contributed by atoms with Gasteiger partial charge in [-0.05, 0) is 31.2 Å². The van der Waals surface area contributed by atoms with E-state index in [1.807, 2.05) is 29.8 Å². The van der Waals surface area contributed by atoms with Crippen molar-refractivity contribution in [1.82, 2.24) is 34.1 Å². The fourth-order valence-electron chi connectivity index (χ4n) is 3.47. The van der Waals surface area contributed by atoms with Crippen LogP contribution in [0.2, 0.25) is 0 Å². The molecule has 0 saturated carbocycles. The van der Waals surface area contributed by atoms with Crippen LogP contribution in [0.1, 0.15) is 11.5 Å². The van der Waals surface area contributed by atoms with Gasteiger partial charge in [-0.1, -0.05) is 6.07 Å². The number of fused-ring (bicyclic) bond motifs is 2. The summed E-state index contributed by atoms with van der Waals surface area (Å²) < 4.78 is 22.6. The van der Waals surface area contributed by atoms with Crippen LogP contribution in [0.5, 0.6) is 5.88 Å². The first-order valence-corrected chi connectivity index (χ1v) is 8.95. The molecule has 0 unspecified atom stereocenters. The summed E-state index contributed by atoms with van der Waals surface area (Å²) in [6.45, 7) is 2.29. The maximum atomic E-state index is 13.5. The van der Waals surface area contributed by atoms with E-state index in [1.54, 1.807) is 30.0 Å². The third kappa shape index (κ3) is 2.87. The monoisotopic (exact) mass is 389 g/mol. The molecule has 0 aromatic carbocycles. The van der Waals surface area contributed by atoms with Gasteiger partial charge in [0.15, 0.2) is 5.65 Å². The second kappa shape index (κ2) is 6.62. The number of hydrogen-bond acceptors (Lipinski definition) is 6. The smallest absolute Gasteiger partial charge is 0.241 e. The Morgan fingerprint density at radius 2 is 2.03 bits per heavy atom. The van der Waals surface area contributed by atoms with Crippen molar-refractivity contribution < 1.29 is 9.13 Å². The molecule has 9 heteroatoms. The molecular formula is C20H16FN7O. The molecule has 0 aliphatic carbocycles. The summed E-state index contributed by atoms with van der Waals surface area (Å²) >= 11 is 0. The molecule has 0 fully saturated rings. The van der Waals surface area contributed by atoms with Crippen LogP contribution in [0.15, 0.2) is 49.1 Å². The highest BCUT2D eigenvalue weighted by atomic mass is 19.1. The molecule has 0 saturated heterocycles. The summed E-state index contributed by atoms with van der Waals surface area (Å²) in [5.41, 5.74) is 4.59. The van der Waals surface area contributed by atoms with Gasteiger partial charge in [0.25, 0.3) is 0 Å². The zero-order valence-corrected chi connectivity index (χ0v) is 15.7. The minimum atomic E-state index is -0.504. The number of halogens is 1. The van der Waals surface area contributed by atoms with Crippen molar-refractivity contribution in [2.45, 2.75) is 13.5 Å². The average Bonchev–Trinajstić information content (AvgIpc) is 3.29. The Bertz CT molecular complexity index is 1360. The maximum Gasteiger partial charge on any atom is 0.241 e. The molecule has 0 N–H and O–H groups in total. The Labute approximate surface area is 164 Å². The molecule has 144 valence electrons. The predicted octanol–water partition coefficient (Wildman–Crippen LogP) is 3.04. The zero-order valence-electron chi connectivity index (χ0n) is 15.7. The van der Waals surface area contributed by atoms with Gasteiger partial charge in [0.05, 0.1) is 24.9 Å². The van der Waals surface area contributed by atoms with Gasteiger partial charge in [-0.15, -0.1) is 0 Å². The molecule has 0 aliphatic heterocycles. The Morgan fingerprint density at radius 3 is 2.86 bits per heavy atom. The normalized spacial score (nSPS) is 11.4. The fourth-order valence-corrected chi connectivity index (χ4v) is 3.47. The summed E-state index contributed by atoms with van der Waals surface area (Å²) in [7, 11) is 1.57. The minimum absolute atomic E-state index is 0.397. The number of rotatable bonds is 4. The molecule has 0 radical (unpaired) electrons. The van der Waals surface area contributed by atoms with Crippen LogP contribution in [0, 0.1) is 12.9 Å². The van der Waals surface area contributed by atoms with E-state index in [9.17, 15) is 4.39 Å². The van der Waals surface area contributed by atoms with Crippen molar-refractivity contribution in [3.8, 4) is 17.0 Å². The van der Waals surface area contributed by atoms with Gasteiger partial charge in [-0.3, -0.25) is 0 Å². The van der Waals surface area contributed by atoms with Gasteiger partial charge < -0.3 is 9.30 Å². The number of pyridine rings is 2. The lowest BCUT2D eigenvalue weighted by Gasteiger charge is -2.08. The molecule has 5 aromatic rings. The van der Waals surface area contributed by atoms with Crippen molar-refractivity contribution >= 4 is 16.7 Å². The molecule has 5 rings (SSSR count). The molecule has 0 amide bonds. The lowest BCUT2D eigenvalue weighted by molar-refractivity contribution is 0.399. The van der Waals surface area contributed by atoms with Crippen LogP contribution in [0.4, 0.5) is 4.39 Å². The van der Waals surface area contributed by atoms with Crippen molar-refractivity contribution in [3.05, 3.63) is 66.5 Å². The van der Waals surface area contributed by atoms with E-state index in [4.69, 9.17) is 4.74 Å². The lowest BCUT2D eigenvalue weighted by atomic mass is 10.1. The van der Waals surface area contributed by atoms with E-state index >= 15 is 0 Å². The van der Waals surface area contributed by atoms with E-state index in [1.165, 1.54) is 12.4 Å². The minimum Gasteiger partial charge on any atom is -0.479 e. The first kappa shape index (κ1) is 17.2. The quantitative estimate of drug-likeness (QED) is 0.440. The number of imidazole rings is 1. The third-order valence-electron chi connectivity index (χ3n) is 4.81. The van der Waals surface area contributed by atoms with E-state index in [-0.39, 0.29) is 0 Å². The molecule has 0 bridgehead atoms. The highest BCUT2D eigenvalue weighted by Crippen LogP contribution is 2.31. The van der Waals surface area contributed by atoms with E-state index in [2.05, 4.69) is 25.0 Å². The molecule has 5 heterocycles. The molecule has 5 aromatic heterocycles. The molecule has 0 aliphatic rings. The lowest BCUT2D eigenvalue weighted by Crippen LogP contribution is -2.04. The molecule has 8 nitrogen and oxygen atoms in total. The van der Waals surface area contributed by atoms with Crippen LogP contribution >= 0.6 is 0 Å². The molecular weight excluding hydrogens is 373 g/mol. The number of aromatic nitrogens is 7. The topological polar surface area (TPSA) is 83.0 Å². The highest BCUT2D eigenvalue weighted by Gasteiger charge is 2.16. The molecule has 29 heavy (non-hydrogen) atoms. The van der Waals surface area contributed by atoms with Crippen LogP contribution in [-0.2, 0) is 6.54 Å². The van der Waals surface area contributed by atoms with Gasteiger partial charge in [0.2, 0.25) is 11.8 Å².